The number of fused-ring (bicyclic) bond motifs is 2. The summed E-state index contributed by atoms with van der Waals surface area (Å²) >= 11 is 12.7. The maximum atomic E-state index is 15.4. The molecule has 0 bridgehead atoms. The fraction of sp³-hybridized carbons (Fsp3) is 0.186. The molecule has 1 N–H and O–H groups in total. The van der Waals surface area contributed by atoms with Crippen molar-refractivity contribution < 1.29 is 19.4 Å². The second-order valence-corrected chi connectivity index (χ2v) is 13.8. The van der Waals surface area contributed by atoms with Gasteiger partial charge in [0.2, 0.25) is 0 Å². The average molecular weight is 699 g/mol. The molecule has 0 aliphatic heterocycles. The maximum absolute atomic E-state index is 15.4. The van der Waals surface area contributed by atoms with Crippen LogP contribution in [0.15, 0.2) is 133 Å². The molecule has 0 radical (unpaired) electrons. The third kappa shape index (κ3) is 5.64. The molecule has 5 atom stereocenters. The molecule has 0 heterocycles. The fourth-order valence-corrected chi connectivity index (χ4v) is 8.17. The molecule has 0 aromatic heterocycles. The van der Waals surface area contributed by atoms with Crippen LogP contribution in [0, 0.1) is 22.7 Å². The zero-order valence-corrected chi connectivity index (χ0v) is 28.7. The van der Waals surface area contributed by atoms with Crippen LogP contribution < -0.4 is 0 Å². The number of halogens is 2. The summed E-state index contributed by atoms with van der Waals surface area (Å²) in [5.41, 5.74) is -1.84. The van der Waals surface area contributed by atoms with Gasteiger partial charge in [-0.3, -0.25) is 9.59 Å². The number of aliphatic hydroxyl groups is 1. The third-order valence-corrected chi connectivity index (χ3v) is 10.8. The van der Waals surface area contributed by atoms with Gasteiger partial charge < -0.3 is 9.84 Å². The van der Waals surface area contributed by atoms with Gasteiger partial charge in [-0.05, 0) is 88.0 Å². The van der Waals surface area contributed by atoms with Crippen LogP contribution in [0.5, 0.6) is 0 Å². The lowest BCUT2D eigenvalue weighted by atomic mass is 9.47. The van der Waals surface area contributed by atoms with Crippen LogP contribution >= 0.6 is 23.2 Å². The SMILES string of the molecule is CCOC(=O)[C@]1(C#N)[C@@H](c2ccc(Cl)cc2)C[C@@](O)(c2ccc3ccccc3c2)[C@H](C(=O)c2ccc3ccccc3c2)[C@H]1c1ccc(Cl)cc1. The molecule has 7 rings (SSSR count). The lowest BCUT2D eigenvalue weighted by Crippen LogP contribution is -2.59. The summed E-state index contributed by atoms with van der Waals surface area (Å²) in [5, 5.41) is 29.5. The number of nitrogens with zero attached hydrogens (tertiary/aromatic N) is 1. The molecular weight excluding hydrogens is 665 g/mol. The molecule has 1 aliphatic rings. The largest absolute Gasteiger partial charge is 0.465 e. The predicted octanol–water partition coefficient (Wildman–Crippen LogP) is 10.0. The Morgan fingerprint density at radius 3 is 1.88 bits per heavy atom. The van der Waals surface area contributed by atoms with Gasteiger partial charge in [-0.1, -0.05) is 120 Å². The summed E-state index contributed by atoms with van der Waals surface area (Å²) in [6.45, 7) is 1.70. The molecule has 1 saturated carbocycles. The number of hydrogen-bond donors (Lipinski definition) is 1. The van der Waals surface area contributed by atoms with E-state index >= 15 is 4.79 Å². The van der Waals surface area contributed by atoms with E-state index in [1.54, 1.807) is 67.6 Å². The van der Waals surface area contributed by atoms with Gasteiger partial charge in [0.15, 0.2) is 11.2 Å². The van der Waals surface area contributed by atoms with Crippen LogP contribution in [-0.4, -0.2) is 23.5 Å². The number of ether oxygens (including phenoxy) is 1. The minimum Gasteiger partial charge on any atom is -0.465 e. The van der Waals surface area contributed by atoms with Gasteiger partial charge in [-0.15, -0.1) is 0 Å². The summed E-state index contributed by atoms with van der Waals surface area (Å²) < 4.78 is 5.74. The van der Waals surface area contributed by atoms with Crippen LogP contribution in [0.3, 0.4) is 0 Å². The number of esters is 1. The number of benzene rings is 6. The summed E-state index contributed by atoms with van der Waals surface area (Å²) in [6.07, 6.45) is -0.132. The van der Waals surface area contributed by atoms with E-state index in [2.05, 4.69) is 6.07 Å². The van der Waals surface area contributed by atoms with Crippen LogP contribution in [0.4, 0.5) is 0 Å². The first-order valence-corrected chi connectivity index (χ1v) is 17.3. The number of carbonyl (C=O) groups excluding carboxylic acids is 2. The highest BCUT2D eigenvalue weighted by atomic mass is 35.5. The molecule has 0 unspecified atom stereocenters. The highest BCUT2D eigenvalue weighted by Gasteiger charge is 2.67. The molecule has 0 amide bonds. The van der Waals surface area contributed by atoms with Crippen molar-refractivity contribution in [3.63, 3.8) is 0 Å². The Balaban J connectivity index is 1.57. The lowest BCUT2D eigenvalue weighted by Gasteiger charge is -2.54. The number of nitriles is 1. The summed E-state index contributed by atoms with van der Waals surface area (Å²) in [6, 6.07) is 42.7. The molecule has 0 spiro atoms. The number of rotatable bonds is 7. The van der Waals surface area contributed by atoms with Crippen molar-refractivity contribution in [2.75, 3.05) is 6.61 Å². The van der Waals surface area contributed by atoms with E-state index < -0.39 is 40.5 Å². The van der Waals surface area contributed by atoms with E-state index in [9.17, 15) is 15.2 Å². The first-order chi connectivity index (χ1) is 24.2. The molecule has 248 valence electrons. The fourth-order valence-electron chi connectivity index (χ4n) is 7.92. The minimum absolute atomic E-state index is 0.0150. The van der Waals surface area contributed by atoms with Gasteiger partial charge in [0.25, 0.3) is 0 Å². The molecule has 1 fully saturated rings. The molecule has 50 heavy (non-hydrogen) atoms. The molecule has 7 heteroatoms. The van der Waals surface area contributed by atoms with E-state index in [-0.39, 0.29) is 13.0 Å². The van der Waals surface area contributed by atoms with Crippen molar-refractivity contribution in [2.24, 2.45) is 11.3 Å². The quantitative estimate of drug-likeness (QED) is 0.133. The van der Waals surface area contributed by atoms with Gasteiger partial charge in [-0.25, -0.2) is 0 Å². The molecule has 1 aliphatic carbocycles. The van der Waals surface area contributed by atoms with Gasteiger partial charge in [0, 0.05) is 27.4 Å². The second-order valence-electron chi connectivity index (χ2n) is 12.9. The summed E-state index contributed by atoms with van der Waals surface area (Å²) in [5.74, 6) is -4.56. The van der Waals surface area contributed by atoms with Crippen molar-refractivity contribution in [1.82, 2.24) is 0 Å². The average Bonchev–Trinajstić information content (AvgIpc) is 3.14. The topological polar surface area (TPSA) is 87.4 Å². The zero-order valence-electron chi connectivity index (χ0n) is 27.2. The Kier molecular flexibility index (Phi) is 8.96. The molecule has 6 aromatic carbocycles. The van der Waals surface area contributed by atoms with E-state index in [1.807, 2.05) is 72.8 Å². The summed E-state index contributed by atoms with van der Waals surface area (Å²) in [4.78, 5) is 29.9. The Morgan fingerprint density at radius 2 is 1.30 bits per heavy atom. The molecular formula is C43H33Cl2NO4. The Bertz CT molecular complexity index is 2280. The minimum atomic E-state index is -1.95. The van der Waals surface area contributed by atoms with Crippen molar-refractivity contribution in [1.29, 1.82) is 5.26 Å². The van der Waals surface area contributed by atoms with E-state index in [4.69, 9.17) is 27.9 Å². The van der Waals surface area contributed by atoms with Gasteiger partial charge >= 0.3 is 5.97 Å². The van der Waals surface area contributed by atoms with Crippen LogP contribution in [0.1, 0.15) is 52.2 Å². The van der Waals surface area contributed by atoms with Crippen molar-refractivity contribution in [3.05, 3.63) is 166 Å². The first-order valence-electron chi connectivity index (χ1n) is 16.5. The first kappa shape index (κ1) is 33.5. The molecule has 5 nitrogen and oxygen atoms in total. The van der Waals surface area contributed by atoms with Gasteiger partial charge in [-0.2, -0.15) is 5.26 Å². The Morgan fingerprint density at radius 1 is 0.760 bits per heavy atom. The van der Waals surface area contributed by atoms with Gasteiger partial charge in [0.05, 0.1) is 18.6 Å². The number of ketones is 1. The number of hydrogen-bond acceptors (Lipinski definition) is 5. The van der Waals surface area contributed by atoms with Gasteiger partial charge in [0.1, 0.15) is 5.60 Å². The van der Waals surface area contributed by atoms with Crippen molar-refractivity contribution >= 4 is 56.5 Å². The monoisotopic (exact) mass is 697 g/mol. The van der Waals surface area contributed by atoms with Crippen molar-refractivity contribution in [2.45, 2.75) is 30.8 Å². The molecule has 0 saturated heterocycles. The van der Waals surface area contributed by atoms with E-state index in [0.29, 0.717) is 32.3 Å². The zero-order chi connectivity index (χ0) is 35.0. The van der Waals surface area contributed by atoms with E-state index in [0.717, 1.165) is 21.5 Å². The second kappa shape index (κ2) is 13.4. The smallest absolute Gasteiger partial charge is 0.327 e. The standard InChI is InChI=1S/C43H33Cl2NO4/c1-2-50-41(48)42(26-46)37(29-14-19-35(44)20-15-29)25-43(49,34-18-13-28-8-4-6-10-32(28)24-34)39(38(42)30-16-21-36(45)22-17-30)40(47)33-12-11-27-7-3-5-9-31(27)23-33/h3-24,37-39,49H,2,25H2,1H3/t37-,38-,39+,42-,43-/m1/s1. The highest BCUT2D eigenvalue weighted by Crippen LogP contribution is 2.64. The third-order valence-electron chi connectivity index (χ3n) is 10.3. The molecule has 6 aromatic rings. The van der Waals surface area contributed by atoms with Crippen LogP contribution in [0.2, 0.25) is 10.0 Å². The highest BCUT2D eigenvalue weighted by molar-refractivity contribution is 6.30. The number of carbonyl (C=O) groups is 2. The Hall–Kier alpha value is -4.99. The normalized spacial score (nSPS) is 23.3. The lowest BCUT2D eigenvalue weighted by molar-refractivity contribution is -0.164. The van der Waals surface area contributed by atoms with Crippen molar-refractivity contribution in [3.8, 4) is 6.07 Å². The Labute approximate surface area is 300 Å². The maximum Gasteiger partial charge on any atom is 0.327 e. The number of Topliss-reactive ketones (excluding diaryl/α,β-unsaturated/α-hetero) is 1. The van der Waals surface area contributed by atoms with E-state index in [1.165, 1.54) is 0 Å². The predicted molar refractivity (Wildman–Crippen MR) is 197 cm³/mol. The summed E-state index contributed by atoms with van der Waals surface area (Å²) in [7, 11) is 0. The van der Waals surface area contributed by atoms with Crippen LogP contribution in [0.25, 0.3) is 21.5 Å². The van der Waals surface area contributed by atoms with Crippen LogP contribution in [-0.2, 0) is 15.1 Å².